The molecule has 0 aromatic heterocycles. The van der Waals surface area contributed by atoms with E-state index in [2.05, 4.69) is 35.6 Å². The molecule has 1 heterocycles. The molecule has 0 unspecified atom stereocenters. The van der Waals surface area contributed by atoms with E-state index in [4.69, 9.17) is 5.11 Å². The number of piperidine rings is 1. The number of hydrogen-bond acceptors (Lipinski definition) is 2. The molecule has 2 aromatic rings. The van der Waals surface area contributed by atoms with Crippen molar-refractivity contribution < 1.29 is 5.11 Å². The highest BCUT2D eigenvalue weighted by atomic mass is 16.3. The van der Waals surface area contributed by atoms with Gasteiger partial charge in [-0.15, -0.1) is 0 Å². The van der Waals surface area contributed by atoms with Crippen molar-refractivity contribution in [2.75, 3.05) is 13.1 Å². The van der Waals surface area contributed by atoms with Crippen molar-refractivity contribution in [1.29, 1.82) is 0 Å². The second kappa shape index (κ2) is 11.7. The van der Waals surface area contributed by atoms with Crippen molar-refractivity contribution in [3.63, 3.8) is 0 Å². The molecule has 2 aromatic carbocycles. The molecule has 0 bridgehead atoms. The lowest BCUT2D eigenvalue weighted by molar-refractivity contribution is 0.372. The average molecular weight is 313 g/mol. The van der Waals surface area contributed by atoms with Gasteiger partial charge in [0.05, 0.1) is 0 Å². The van der Waals surface area contributed by atoms with Gasteiger partial charge >= 0.3 is 0 Å². The monoisotopic (exact) mass is 313 g/mol. The van der Waals surface area contributed by atoms with Gasteiger partial charge < -0.3 is 10.4 Å². The van der Waals surface area contributed by atoms with E-state index in [1.54, 1.807) is 12.1 Å². The smallest absolute Gasteiger partial charge is 0.115 e. The van der Waals surface area contributed by atoms with Gasteiger partial charge in [-0.25, -0.2) is 0 Å². The molecular weight excluding hydrogens is 282 g/mol. The van der Waals surface area contributed by atoms with E-state index in [0.29, 0.717) is 5.75 Å². The minimum Gasteiger partial charge on any atom is -0.508 e. The molecule has 2 heteroatoms. The molecule has 2 N–H and O–H groups in total. The van der Waals surface area contributed by atoms with E-state index in [1.165, 1.54) is 37.9 Å². The van der Waals surface area contributed by atoms with Crippen molar-refractivity contribution in [3.8, 4) is 5.75 Å². The second-order valence-corrected chi connectivity index (χ2v) is 5.72. The zero-order valence-corrected chi connectivity index (χ0v) is 14.8. The number of rotatable bonds is 2. The molecule has 2 nitrogen and oxygen atoms in total. The maximum absolute atomic E-state index is 8.81. The van der Waals surface area contributed by atoms with Crippen molar-refractivity contribution in [2.24, 2.45) is 5.92 Å². The molecule has 0 aliphatic carbocycles. The van der Waals surface area contributed by atoms with Crippen LogP contribution in [0, 0.1) is 12.8 Å². The highest BCUT2D eigenvalue weighted by molar-refractivity contribution is 5.25. The molecular formula is C21H31NO. The van der Waals surface area contributed by atoms with Crippen LogP contribution in [-0.4, -0.2) is 18.2 Å². The summed E-state index contributed by atoms with van der Waals surface area (Å²) in [6.07, 6.45) is 3.95. The third-order valence-corrected chi connectivity index (χ3v) is 3.83. The number of hydrogen-bond donors (Lipinski definition) is 2. The first-order valence-electron chi connectivity index (χ1n) is 8.74. The van der Waals surface area contributed by atoms with Crippen molar-refractivity contribution in [3.05, 3.63) is 65.7 Å². The number of nitrogens with one attached hydrogen (secondary N) is 1. The van der Waals surface area contributed by atoms with Crippen molar-refractivity contribution >= 4 is 0 Å². The van der Waals surface area contributed by atoms with Crippen molar-refractivity contribution in [2.45, 2.75) is 40.0 Å². The first kappa shape index (κ1) is 19.2. The fraction of sp³-hybridized carbons (Fsp3) is 0.429. The molecule has 0 spiro atoms. The Morgan fingerprint density at radius 3 is 2.13 bits per heavy atom. The summed E-state index contributed by atoms with van der Waals surface area (Å²) in [6, 6.07) is 18.0. The van der Waals surface area contributed by atoms with Crippen LogP contribution >= 0.6 is 0 Å². The van der Waals surface area contributed by atoms with Crippen LogP contribution in [0.3, 0.4) is 0 Å². The van der Waals surface area contributed by atoms with Crippen LogP contribution in [0.15, 0.2) is 54.6 Å². The molecule has 126 valence electrons. The second-order valence-electron chi connectivity index (χ2n) is 5.72. The third-order valence-electron chi connectivity index (χ3n) is 3.83. The Bertz CT molecular complexity index is 501. The average Bonchev–Trinajstić information content (AvgIpc) is 2.59. The number of phenolic OH excluding ortho intramolecular Hbond substituents is 1. The predicted octanol–water partition coefficient (Wildman–Crippen LogP) is 4.96. The van der Waals surface area contributed by atoms with Crippen LogP contribution < -0.4 is 5.32 Å². The van der Waals surface area contributed by atoms with Gasteiger partial charge in [0, 0.05) is 0 Å². The standard InChI is InChI=1S/C12H17N.C7H8O.C2H6/c1-2-4-11(5-3-1)10-12-6-8-13-9-7-12;1-6-3-2-4-7(8)5-6;1-2/h1-5,12-13H,6-10H2;2-5,8H,1H3;1-2H3. The fourth-order valence-electron chi connectivity index (χ4n) is 2.66. The summed E-state index contributed by atoms with van der Waals surface area (Å²) in [5.41, 5.74) is 2.58. The van der Waals surface area contributed by atoms with Crippen LogP contribution in [0.25, 0.3) is 0 Å². The topological polar surface area (TPSA) is 32.3 Å². The molecule has 0 saturated carbocycles. The lowest BCUT2D eigenvalue weighted by atomic mass is 9.91. The molecule has 1 saturated heterocycles. The van der Waals surface area contributed by atoms with Gasteiger partial charge in [-0.05, 0) is 68.5 Å². The quantitative estimate of drug-likeness (QED) is 0.821. The van der Waals surface area contributed by atoms with Gasteiger partial charge in [-0.2, -0.15) is 0 Å². The summed E-state index contributed by atoms with van der Waals surface area (Å²) < 4.78 is 0. The van der Waals surface area contributed by atoms with E-state index >= 15 is 0 Å². The van der Waals surface area contributed by atoms with E-state index in [9.17, 15) is 0 Å². The molecule has 0 radical (unpaired) electrons. The molecule has 23 heavy (non-hydrogen) atoms. The summed E-state index contributed by atoms with van der Waals surface area (Å²) in [7, 11) is 0. The maximum Gasteiger partial charge on any atom is 0.115 e. The third kappa shape index (κ3) is 8.41. The zero-order valence-electron chi connectivity index (χ0n) is 14.8. The van der Waals surface area contributed by atoms with Gasteiger partial charge in [-0.3, -0.25) is 0 Å². The lowest BCUT2D eigenvalue weighted by Crippen LogP contribution is -2.28. The molecule has 0 amide bonds. The lowest BCUT2D eigenvalue weighted by Gasteiger charge is -2.22. The summed E-state index contributed by atoms with van der Waals surface area (Å²) in [5, 5.41) is 12.2. The number of phenols is 1. The minimum absolute atomic E-state index is 0.338. The summed E-state index contributed by atoms with van der Waals surface area (Å²) >= 11 is 0. The van der Waals surface area contributed by atoms with E-state index < -0.39 is 0 Å². The Hall–Kier alpha value is -1.80. The van der Waals surface area contributed by atoms with Crippen LogP contribution in [0.4, 0.5) is 0 Å². The first-order valence-corrected chi connectivity index (χ1v) is 8.74. The predicted molar refractivity (Wildman–Crippen MR) is 99.9 cm³/mol. The largest absolute Gasteiger partial charge is 0.508 e. The summed E-state index contributed by atoms with van der Waals surface area (Å²) in [4.78, 5) is 0. The summed E-state index contributed by atoms with van der Waals surface area (Å²) in [5.74, 6) is 1.24. The Kier molecular flexibility index (Phi) is 9.81. The van der Waals surface area contributed by atoms with E-state index in [-0.39, 0.29) is 0 Å². The van der Waals surface area contributed by atoms with Crippen LogP contribution in [0.5, 0.6) is 5.75 Å². The minimum atomic E-state index is 0.338. The highest BCUT2D eigenvalue weighted by Crippen LogP contribution is 2.17. The SMILES string of the molecule is CC.Cc1cccc(O)c1.c1ccc(CC2CCNCC2)cc1. The Labute approximate surface area is 141 Å². The van der Waals surface area contributed by atoms with Gasteiger partial charge in [0.25, 0.3) is 0 Å². The molecule has 3 rings (SSSR count). The number of aromatic hydroxyl groups is 1. The van der Waals surface area contributed by atoms with Gasteiger partial charge in [0.2, 0.25) is 0 Å². The number of benzene rings is 2. The molecule has 1 fully saturated rings. The molecule has 1 aliphatic heterocycles. The normalized spacial score (nSPS) is 14.0. The van der Waals surface area contributed by atoms with E-state index in [0.717, 1.165) is 11.5 Å². The zero-order chi connectivity index (χ0) is 16.9. The summed E-state index contributed by atoms with van der Waals surface area (Å²) in [6.45, 7) is 8.36. The van der Waals surface area contributed by atoms with E-state index in [1.807, 2.05) is 32.9 Å². The molecule has 0 atom stereocenters. The van der Waals surface area contributed by atoms with Crippen LogP contribution in [0.2, 0.25) is 0 Å². The highest BCUT2D eigenvalue weighted by Gasteiger charge is 2.12. The van der Waals surface area contributed by atoms with Gasteiger partial charge in [0.15, 0.2) is 0 Å². The van der Waals surface area contributed by atoms with Gasteiger partial charge in [-0.1, -0.05) is 56.3 Å². The number of aryl methyl sites for hydroxylation is 1. The maximum atomic E-state index is 8.81. The Morgan fingerprint density at radius 2 is 1.61 bits per heavy atom. The van der Waals surface area contributed by atoms with Gasteiger partial charge in [0.1, 0.15) is 5.75 Å². The molecule has 1 aliphatic rings. The Morgan fingerprint density at radius 1 is 0.957 bits per heavy atom. The Balaban J connectivity index is 0.000000228. The fourth-order valence-corrected chi connectivity index (χ4v) is 2.66. The van der Waals surface area contributed by atoms with Crippen molar-refractivity contribution in [1.82, 2.24) is 5.32 Å². The van der Waals surface area contributed by atoms with Crippen LogP contribution in [0.1, 0.15) is 37.8 Å². The first-order chi connectivity index (χ1) is 11.2. The van der Waals surface area contributed by atoms with Crippen LogP contribution in [-0.2, 0) is 6.42 Å².